The number of hydrogen-bond donors (Lipinski definition) is 1. The Morgan fingerprint density at radius 2 is 1.80 bits per heavy atom. The fraction of sp³-hybridized carbons (Fsp3) is 0.350. The van der Waals surface area contributed by atoms with Crippen molar-refractivity contribution in [3.63, 3.8) is 0 Å². The zero-order chi connectivity index (χ0) is 18.1. The molecule has 0 radical (unpaired) electrons. The number of amides is 1. The highest BCUT2D eigenvalue weighted by Crippen LogP contribution is 2.30. The molecule has 0 aromatic heterocycles. The summed E-state index contributed by atoms with van der Waals surface area (Å²) in [5.41, 5.74) is 1.77. The minimum Gasteiger partial charge on any atom is -0.493 e. The van der Waals surface area contributed by atoms with E-state index in [4.69, 9.17) is 9.47 Å². The van der Waals surface area contributed by atoms with Crippen LogP contribution in [0, 0.1) is 0 Å². The quantitative estimate of drug-likeness (QED) is 0.712. The number of rotatable bonds is 9. The molecular weight excluding hydrogens is 316 g/mol. The molecule has 0 fully saturated rings. The average molecular weight is 342 g/mol. The summed E-state index contributed by atoms with van der Waals surface area (Å²) in [7, 11) is 5.18. The average Bonchev–Trinajstić information content (AvgIpc) is 2.65. The van der Waals surface area contributed by atoms with Gasteiger partial charge >= 0.3 is 0 Å². The summed E-state index contributed by atoms with van der Waals surface area (Å²) in [6.07, 6.45) is 0.876. The van der Waals surface area contributed by atoms with Crippen LogP contribution in [0.15, 0.2) is 48.5 Å². The highest BCUT2D eigenvalue weighted by Gasteiger charge is 2.15. The van der Waals surface area contributed by atoms with Gasteiger partial charge < -0.3 is 19.7 Å². The lowest BCUT2D eigenvalue weighted by molar-refractivity contribution is 0.0948. The summed E-state index contributed by atoms with van der Waals surface area (Å²) in [4.78, 5) is 14.6. The molecule has 0 aliphatic heterocycles. The van der Waals surface area contributed by atoms with Crippen LogP contribution < -0.4 is 14.8 Å². The van der Waals surface area contributed by atoms with E-state index in [1.165, 1.54) is 12.7 Å². The molecule has 2 aromatic rings. The van der Waals surface area contributed by atoms with Crippen molar-refractivity contribution in [2.45, 2.75) is 13.0 Å². The van der Waals surface area contributed by atoms with E-state index in [2.05, 4.69) is 29.4 Å². The van der Waals surface area contributed by atoms with Crippen molar-refractivity contribution in [1.29, 1.82) is 0 Å². The third kappa shape index (κ3) is 5.50. The monoisotopic (exact) mass is 342 g/mol. The molecule has 134 valence electrons. The van der Waals surface area contributed by atoms with Crippen LogP contribution in [-0.4, -0.2) is 45.2 Å². The number of hydrogen-bond acceptors (Lipinski definition) is 4. The molecule has 25 heavy (non-hydrogen) atoms. The molecule has 0 atom stereocenters. The fourth-order valence-corrected chi connectivity index (χ4v) is 2.69. The Morgan fingerprint density at radius 3 is 2.48 bits per heavy atom. The SMILES string of the molecule is COc1cccc(C(=O)NCCCN(C)Cc2ccccc2)c1OC. The van der Waals surface area contributed by atoms with Gasteiger partial charge in [-0.15, -0.1) is 0 Å². The lowest BCUT2D eigenvalue weighted by Gasteiger charge is -2.17. The Balaban J connectivity index is 1.79. The summed E-state index contributed by atoms with van der Waals surface area (Å²) in [6, 6.07) is 15.6. The van der Waals surface area contributed by atoms with Crippen LogP contribution in [0.4, 0.5) is 0 Å². The molecule has 1 amide bonds. The molecule has 5 nitrogen and oxygen atoms in total. The van der Waals surface area contributed by atoms with E-state index in [1.54, 1.807) is 25.3 Å². The molecule has 0 saturated carbocycles. The largest absolute Gasteiger partial charge is 0.493 e. The van der Waals surface area contributed by atoms with E-state index >= 15 is 0 Å². The molecule has 0 bridgehead atoms. The van der Waals surface area contributed by atoms with Crippen LogP contribution in [-0.2, 0) is 6.54 Å². The molecule has 0 aliphatic rings. The summed E-state index contributed by atoms with van der Waals surface area (Å²) in [6.45, 7) is 2.42. The fourth-order valence-electron chi connectivity index (χ4n) is 2.69. The van der Waals surface area contributed by atoms with Crippen molar-refractivity contribution < 1.29 is 14.3 Å². The highest BCUT2D eigenvalue weighted by atomic mass is 16.5. The standard InChI is InChI=1S/C20H26N2O3/c1-22(15-16-9-5-4-6-10-16)14-8-13-21-20(23)17-11-7-12-18(24-2)19(17)25-3/h4-7,9-12H,8,13-15H2,1-3H3,(H,21,23). The Hall–Kier alpha value is -2.53. The maximum atomic E-state index is 12.4. The summed E-state index contributed by atoms with van der Waals surface area (Å²) < 4.78 is 10.5. The van der Waals surface area contributed by atoms with Gasteiger partial charge in [-0.25, -0.2) is 0 Å². The molecule has 0 unspecified atom stereocenters. The third-order valence-electron chi connectivity index (χ3n) is 3.95. The number of carbonyl (C=O) groups excluding carboxylic acids is 1. The molecule has 0 saturated heterocycles. The lowest BCUT2D eigenvalue weighted by Crippen LogP contribution is -2.28. The third-order valence-corrected chi connectivity index (χ3v) is 3.95. The molecular formula is C20H26N2O3. The Kier molecular flexibility index (Phi) is 7.29. The maximum absolute atomic E-state index is 12.4. The second-order valence-corrected chi connectivity index (χ2v) is 5.87. The number of ether oxygens (including phenoxy) is 2. The number of carbonyl (C=O) groups is 1. The molecule has 0 spiro atoms. The van der Waals surface area contributed by atoms with E-state index in [9.17, 15) is 4.79 Å². The van der Waals surface area contributed by atoms with Crippen molar-refractivity contribution in [1.82, 2.24) is 10.2 Å². The molecule has 5 heteroatoms. The van der Waals surface area contributed by atoms with Crippen LogP contribution >= 0.6 is 0 Å². The van der Waals surface area contributed by atoms with Gasteiger partial charge in [0.15, 0.2) is 11.5 Å². The van der Waals surface area contributed by atoms with Crippen LogP contribution in [0.25, 0.3) is 0 Å². The number of nitrogens with one attached hydrogen (secondary N) is 1. The summed E-state index contributed by atoms with van der Waals surface area (Å²) in [5.74, 6) is 0.864. The number of para-hydroxylation sites is 1. The van der Waals surface area contributed by atoms with Gasteiger partial charge in [0, 0.05) is 13.1 Å². The number of methoxy groups -OCH3 is 2. The first kappa shape index (κ1) is 18.8. The first-order valence-corrected chi connectivity index (χ1v) is 8.37. The predicted molar refractivity (Wildman–Crippen MR) is 99.3 cm³/mol. The molecule has 1 N–H and O–H groups in total. The van der Waals surface area contributed by atoms with Gasteiger partial charge in [-0.1, -0.05) is 36.4 Å². The van der Waals surface area contributed by atoms with Crippen LogP contribution in [0.1, 0.15) is 22.3 Å². The Morgan fingerprint density at radius 1 is 1.04 bits per heavy atom. The van der Waals surface area contributed by atoms with Gasteiger partial charge in [0.2, 0.25) is 0 Å². The van der Waals surface area contributed by atoms with Gasteiger partial charge in [-0.2, -0.15) is 0 Å². The Labute approximate surface area is 149 Å². The molecule has 2 rings (SSSR count). The van der Waals surface area contributed by atoms with Gasteiger partial charge in [-0.3, -0.25) is 4.79 Å². The van der Waals surface area contributed by atoms with Crippen molar-refractivity contribution in [3.8, 4) is 11.5 Å². The van der Waals surface area contributed by atoms with Gasteiger partial charge in [-0.05, 0) is 37.7 Å². The second kappa shape index (κ2) is 9.69. The minimum atomic E-state index is -0.151. The van der Waals surface area contributed by atoms with Crippen LogP contribution in [0.5, 0.6) is 11.5 Å². The predicted octanol–water partition coefficient (Wildman–Crippen LogP) is 2.96. The van der Waals surface area contributed by atoms with Crippen molar-refractivity contribution >= 4 is 5.91 Å². The minimum absolute atomic E-state index is 0.151. The van der Waals surface area contributed by atoms with E-state index in [0.717, 1.165) is 19.5 Å². The maximum Gasteiger partial charge on any atom is 0.255 e. The second-order valence-electron chi connectivity index (χ2n) is 5.87. The van der Waals surface area contributed by atoms with E-state index < -0.39 is 0 Å². The van der Waals surface area contributed by atoms with Gasteiger partial charge in [0.05, 0.1) is 19.8 Å². The summed E-state index contributed by atoms with van der Waals surface area (Å²) in [5, 5.41) is 2.94. The normalized spacial score (nSPS) is 10.6. The molecule has 2 aromatic carbocycles. The van der Waals surface area contributed by atoms with Crippen LogP contribution in [0.2, 0.25) is 0 Å². The number of benzene rings is 2. The Bertz CT molecular complexity index is 674. The summed E-state index contributed by atoms with van der Waals surface area (Å²) >= 11 is 0. The van der Waals surface area contributed by atoms with E-state index in [1.807, 2.05) is 18.2 Å². The first-order chi connectivity index (χ1) is 12.2. The van der Waals surface area contributed by atoms with Crippen molar-refractivity contribution in [3.05, 3.63) is 59.7 Å². The van der Waals surface area contributed by atoms with Crippen LogP contribution in [0.3, 0.4) is 0 Å². The van der Waals surface area contributed by atoms with E-state index in [0.29, 0.717) is 23.6 Å². The zero-order valence-corrected chi connectivity index (χ0v) is 15.1. The topological polar surface area (TPSA) is 50.8 Å². The van der Waals surface area contributed by atoms with Gasteiger partial charge in [0.1, 0.15) is 0 Å². The van der Waals surface area contributed by atoms with Gasteiger partial charge in [0.25, 0.3) is 5.91 Å². The first-order valence-electron chi connectivity index (χ1n) is 8.37. The molecule has 0 heterocycles. The highest BCUT2D eigenvalue weighted by molar-refractivity contribution is 5.97. The smallest absolute Gasteiger partial charge is 0.255 e. The lowest BCUT2D eigenvalue weighted by atomic mass is 10.1. The van der Waals surface area contributed by atoms with Crippen molar-refractivity contribution in [2.75, 3.05) is 34.4 Å². The zero-order valence-electron chi connectivity index (χ0n) is 15.1. The van der Waals surface area contributed by atoms with E-state index in [-0.39, 0.29) is 5.91 Å². The molecule has 0 aliphatic carbocycles. The van der Waals surface area contributed by atoms with Crippen molar-refractivity contribution in [2.24, 2.45) is 0 Å². The number of nitrogens with zero attached hydrogens (tertiary/aromatic N) is 1.